The number of hydrogen-bond acceptors (Lipinski definition) is 2. The monoisotopic (exact) mass is 273 g/mol. The molecule has 0 amide bonds. The van der Waals surface area contributed by atoms with E-state index in [2.05, 4.69) is 30.9 Å². The fourth-order valence-electron chi connectivity index (χ4n) is 3.25. The molecule has 20 heavy (non-hydrogen) atoms. The normalized spacial score (nSPS) is 16.6. The largest absolute Gasteiger partial charge is 0.293 e. The van der Waals surface area contributed by atoms with E-state index in [1.807, 2.05) is 13.0 Å². The van der Waals surface area contributed by atoms with Gasteiger partial charge in [-0.1, -0.05) is 43.9 Å². The Hall–Kier alpha value is -1.15. The number of likely N-dealkylation sites (N-methyl/N-ethyl adjacent to an activating group) is 1. The summed E-state index contributed by atoms with van der Waals surface area (Å²) in [4.78, 5) is 15.0. The van der Waals surface area contributed by atoms with Crippen LogP contribution in [0.1, 0.15) is 60.5 Å². The molecule has 1 aliphatic rings. The predicted molar refractivity (Wildman–Crippen MR) is 84.4 cm³/mol. The maximum atomic E-state index is 12.6. The number of hydrogen-bond donors (Lipinski definition) is 0. The third-order valence-corrected chi connectivity index (χ3v) is 4.54. The number of ketones is 1. The third kappa shape index (κ3) is 3.69. The van der Waals surface area contributed by atoms with E-state index in [1.165, 1.54) is 37.7 Å². The quantitative estimate of drug-likeness (QED) is 0.751. The Bertz CT molecular complexity index is 460. The number of aryl methyl sites for hydroxylation is 2. The van der Waals surface area contributed by atoms with Crippen molar-refractivity contribution in [3.05, 3.63) is 34.9 Å². The van der Waals surface area contributed by atoms with Crippen LogP contribution in [0.3, 0.4) is 0 Å². The Morgan fingerprint density at radius 3 is 2.55 bits per heavy atom. The van der Waals surface area contributed by atoms with Crippen LogP contribution in [-0.2, 0) is 0 Å². The van der Waals surface area contributed by atoms with Gasteiger partial charge in [-0.05, 0) is 44.9 Å². The second kappa shape index (κ2) is 7.03. The first-order valence-electron chi connectivity index (χ1n) is 7.96. The SMILES string of the molecule is CCN(CC(=O)c1cc(C)ccc1C)C1CCCCC1. The summed E-state index contributed by atoms with van der Waals surface area (Å²) >= 11 is 0. The second-order valence-corrected chi connectivity index (χ2v) is 6.10. The highest BCUT2D eigenvalue weighted by Gasteiger charge is 2.22. The minimum atomic E-state index is 0.277. The Morgan fingerprint density at radius 2 is 1.90 bits per heavy atom. The summed E-state index contributed by atoms with van der Waals surface area (Å²) in [6.45, 7) is 7.80. The standard InChI is InChI=1S/C18H27NO/c1-4-19(16-8-6-5-7-9-16)13-18(20)17-12-14(2)10-11-15(17)3/h10-12,16H,4-9,13H2,1-3H3. The van der Waals surface area contributed by atoms with E-state index in [-0.39, 0.29) is 5.78 Å². The summed E-state index contributed by atoms with van der Waals surface area (Å²) in [7, 11) is 0. The van der Waals surface area contributed by atoms with Gasteiger partial charge in [0, 0.05) is 11.6 Å². The lowest BCUT2D eigenvalue weighted by Crippen LogP contribution is -2.40. The van der Waals surface area contributed by atoms with Crippen LogP contribution in [0, 0.1) is 13.8 Å². The summed E-state index contributed by atoms with van der Waals surface area (Å²) < 4.78 is 0. The number of rotatable bonds is 5. The van der Waals surface area contributed by atoms with Crippen molar-refractivity contribution >= 4 is 5.78 Å². The van der Waals surface area contributed by atoms with Gasteiger partial charge >= 0.3 is 0 Å². The molecule has 0 spiro atoms. The molecule has 0 bridgehead atoms. The molecule has 2 rings (SSSR count). The maximum Gasteiger partial charge on any atom is 0.177 e. The lowest BCUT2D eigenvalue weighted by Gasteiger charge is -2.33. The number of carbonyl (C=O) groups is 1. The first-order chi connectivity index (χ1) is 9.61. The van der Waals surface area contributed by atoms with Crippen molar-refractivity contribution in [1.29, 1.82) is 0 Å². The van der Waals surface area contributed by atoms with E-state index in [9.17, 15) is 4.79 Å². The third-order valence-electron chi connectivity index (χ3n) is 4.54. The molecule has 0 atom stereocenters. The van der Waals surface area contributed by atoms with Gasteiger partial charge in [-0.25, -0.2) is 0 Å². The molecule has 0 radical (unpaired) electrons. The fraction of sp³-hybridized carbons (Fsp3) is 0.611. The number of nitrogens with zero attached hydrogens (tertiary/aromatic N) is 1. The molecule has 110 valence electrons. The Labute approximate surface area is 123 Å². The predicted octanol–water partition coefficient (Wildman–Crippen LogP) is 4.14. The molecular formula is C18H27NO. The molecule has 0 aliphatic heterocycles. The van der Waals surface area contributed by atoms with Crippen LogP contribution in [0.5, 0.6) is 0 Å². The van der Waals surface area contributed by atoms with E-state index < -0.39 is 0 Å². The van der Waals surface area contributed by atoms with Crippen molar-refractivity contribution in [2.45, 2.75) is 58.9 Å². The summed E-state index contributed by atoms with van der Waals surface area (Å²) in [5.74, 6) is 0.277. The van der Waals surface area contributed by atoms with Crippen molar-refractivity contribution in [2.75, 3.05) is 13.1 Å². The number of benzene rings is 1. The van der Waals surface area contributed by atoms with Crippen LogP contribution in [-0.4, -0.2) is 29.8 Å². The molecule has 0 aromatic heterocycles. The summed E-state index contributed by atoms with van der Waals surface area (Å²) in [5.41, 5.74) is 3.17. The highest BCUT2D eigenvalue weighted by Crippen LogP contribution is 2.23. The van der Waals surface area contributed by atoms with Gasteiger partial charge in [-0.3, -0.25) is 9.69 Å². The van der Waals surface area contributed by atoms with Crippen LogP contribution >= 0.6 is 0 Å². The highest BCUT2D eigenvalue weighted by atomic mass is 16.1. The zero-order valence-electron chi connectivity index (χ0n) is 13.1. The van der Waals surface area contributed by atoms with Crippen LogP contribution in [0.15, 0.2) is 18.2 Å². The number of Topliss-reactive ketones (excluding diaryl/α,β-unsaturated/α-hetero) is 1. The zero-order chi connectivity index (χ0) is 14.5. The van der Waals surface area contributed by atoms with Gasteiger partial charge in [0.2, 0.25) is 0 Å². The number of carbonyl (C=O) groups excluding carboxylic acids is 1. The molecule has 1 aliphatic carbocycles. The molecule has 1 saturated carbocycles. The Kier molecular flexibility index (Phi) is 5.36. The first-order valence-corrected chi connectivity index (χ1v) is 7.96. The van der Waals surface area contributed by atoms with Crippen molar-refractivity contribution in [3.63, 3.8) is 0 Å². The van der Waals surface area contributed by atoms with E-state index >= 15 is 0 Å². The van der Waals surface area contributed by atoms with Crippen LogP contribution in [0.25, 0.3) is 0 Å². The second-order valence-electron chi connectivity index (χ2n) is 6.10. The van der Waals surface area contributed by atoms with Gasteiger partial charge in [-0.15, -0.1) is 0 Å². The van der Waals surface area contributed by atoms with E-state index in [1.54, 1.807) is 0 Å². The minimum Gasteiger partial charge on any atom is -0.293 e. The topological polar surface area (TPSA) is 20.3 Å². The van der Waals surface area contributed by atoms with Gasteiger partial charge in [0.05, 0.1) is 6.54 Å². The molecular weight excluding hydrogens is 246 g/mol. The lowest BCUT2D eigenvalue weighted by molar-refractivity contribution is 0.0868. The lowest BCUT2D eigenvalue weighted by atomic mass is 9.93. The van der Waals surface area contributed by atoms with Crippen molar-refractivity contribution < 1.29 is 4.79 Å². The molecule has 2 heteroatoms. The Morgan fingerprint density at radius 1 is 1.20 bits per heavy atom. The average Bonchev–Trinajstić information content (AvgIpc) is 2.48. The zero-order valence-corrected chi connectivity index (χ0v) is 13.1. The highest BCUT2D eigenvalue weighted by molar-refractivity contribution is 5.99. The van der Waals surface area contributed by atoms with Gasteiger partial charge in [0.15, 0.2) is 5.78 Å². The summed E-state index contributed by atoms with van der Waals surface area (Å²) in [6.07, 6.45) is 6.51. The fourth-order valence-corrected chi connectivity index (χ4v) is 3.25. The molecule has 0 unspecified atom stereocenters. The first kappa shape index (κ1) is 15.2. The minimum absolute atomic E-state index is 0.277. The van der Waals surface area contributed by atoms with Gasteiger partial charge < -0.3 is 0 Å². The van der Waals surface area contributed by atoms with Gasteiger partial charge in [0.1, 0.15) is 0 Å². The van der Waals surface area contributed by atoms with Crippen LogP contribution in [0.2, 0.25) is 0 Å². The van der Waals surface area contributed by atoms with Crippen molar-refractivity contribution in [1.82, 2.24) is 4.90 Å². The summed E-state index contributed by atoms with van der Waals surface area (Å²) in [5, 5.41) is 0. The van der Waals surface area contributed by atoms with Crippen molar-refractivity contribution in [3.8, 4) is 0 Å². The van der Waals surface area contributed by atoms with Crippen LogP contribution in [0.4, 0.5) is 0 Å². The van der Waals surface area contributed by atoms with Gasteiger partial charge in [0.25, 0.3) is 0 Å². The smallest absolute Gasteiger partial charge is 0.177 e. The van der Waals surface area contributed by atoms with E-state index in [0.717, 1.165) is 17.7 Å². The molecule has 0 saturated heterocycles. The molecule has 0 heterocycles. The van der Waals surface area contributed by atoms with E-state index in [0.29, 0.717) is 12.6 Å². The maximum absolute atomic E-state index is 12.6. The van der Waals surface area contributed by atoms with Crippen molar-refractivity contribution in [2.24, 2.45) is 0 Å². The molecule has 1 fully saturated rings. The average molecular weight is 273 g/mol. The molecule has 1 aromatic rings. The summed E-state index contributed by atoms with van der Waals surface area (Å²) in [6, 6.07) is 6.78. The molecule has 1 aromatic carbocycles. The van der Waals surface area contributed by atoms with Crippen LogP contribution < -0.4 is 0 Å². The van der Waals surface area contributed by atoms with Gasteiger partial charge in [-0.2, -0.15) is 0 Å². The van der Waals surface area contributed by atoms with E-state index in [4.69, 9.17) is 0 Å². The molecule has 0 N–H and O–H groups in total. The molecule has 2 nitrogen and oxygen atoms in total. The Balaban J connectivity index is 2.06.